The van der Waals surface area contributed by atoms with E-state index in [0.717, 1.165) is 16.7 Å². The monoisotopic (exact) mass is 351 g/mol. The maximum atomic E-state index is 11.3. The van der Waals surface area contributed by atoms with E-state index in [9.17, 15) is 10.1 Å². The number of piperazine rings is 1. The summed E-state index contributed by atoms with van der Waals surface area (Å²) in [6.07, 6.45) is 1.26. The molecule has 3 aromatic rings. The summed E-state index contributed by atoms with van der Waals surface area (Å²) < 4.78 is 0. The van der Waals surface area contributed by atoms with Crippen LogP contribution in [0.15, 0.2) is 42.7 Å². The predicted molar refractivity (Wildman–Crippen MR) is 99.3 cm³/mol. The van der Waals surface area contributed by atoms with E-state index in [1.54, 1.807) is 0 Å². The molecule has 0 saturated carbocycles. The van der Waals surface area contributed by atoms with Crippen LogP contribution in [0.25, 0.3) is 10.9 Å². The molecule has 1 aliphatic rings. The molecule has 0 radical (unpaired) electrons. The lowest BCUT2D eigenvalue weighted by Crippen LogP contribution is -2.47. The average Bonchev–Trinajstić information content (AvgIpc) is 2.67. The molecule has 0 bridgehead atoms. The largest absolute Gasteiger partial charge is 0.378 e. The molecule has 1 aliphatic heterocycles. The van der Waals surface area contributed by atoms with Gasteiger partial charge >= 0.3 is 5.69 Å². The number of rotatable bonds is 3. The fraction of sp³-hybridized carbons (Fsp3) is 0.235. The summed E-state index contributed by atoms with van der Waals surface area (Å²) in [5.74, 6) is 1.06. The molecule has 3 heterocycles. The van der Waals surface area contributed by atoms with Crippen LogP contribution >= 0.6 is 0 Å². The van der Waals surface area contributed by atoms with Crippen molar-refractivity contribution in [2.24, 2.45) is 0 Å². The number of aromatic nitrogens is 3. The Morgan fingerprint density at radius 3 is 2.50 bits per heavy atom. The third-order valence-electron chi connectivity index (χ3n) is 4.50. The lowest BCUT2D eigenvalue weighted by atomic mass is 10.2. The van der Waals surface area contributed by atoms with Crippen LogP contribution in [0.5, 0.6) is 0 Å². The Balaban J connectivity index is 1.54. The number of hydrogen-bond donors (Lipinski definition) is 1. The Hall–Kier alpha value is -3.49. The van der Waals surface area contributed by atoms with E-state index in [2.05, 4.69) is 20.9 Å². The maximum absolute atomic E-state index is 11.3. The number of nitrogens with two attached hydrogens (primary N) is 1. The lowest BCUT2D eigenvalue weighted by Gasteiger charge is -2.35. The van der Waals surface area contributed by atoms with Crippen LogP contribution < -0.4 is 15.5 Å². The molecule has 4 rings (SSSR count). The second-order valence-electron chi connectivity index (χ2n) is 6.02. The van der Waals surface area contributed by atoms with Crippen molar-refractivity contribution in [1.29, 1.82) is 0 Å². The number of anilines is 3. The number of pyridine rings is 1. The fourth-order valence-electron chi connectivity index (χ4n) is 3.17. The van der Waals surface area contributed by atoms with Crippen molar-refractivity contribution in [2.75, 3.05) is 41.7 Å². The molecule has 1 fully saturated rings. The van der Waals surface area contributed by atoms with Crippen LogP contribution in [0.4, 0.5) is 23.1 Å². The zero-order chi connectivity index (χ0) is 18.1. The van der Waals surface area contributed by atoms with Gasteiger partial charge in [-0.3, -0.25) is 10.1 Å². The molecule has 26 heavy (non-hydrogen) atoms. The number of hydrogen-bond acceptors (Lipinski definition) is 8. The molecular weight excluding hydrogens is 334 g/mol. The molecule has 9 heteroatoms. The molecule has 0 unspecified atom stereocenters. The van der Waals surface area contributed by atoms with Crippen LogP contribution in [0, 0.1) is 10.1 Å². The zero-order valence-corrected chi connectivity index (χ0v) is 13.9. The first kappa shape index (κ1) is 16.0. The van der Waals surface area contributed by atoms with E-state index >= 15 is 0 Å². The topological polar surface area (TPSA) is 114 Å². The van der Waals surface area contributed by atoms with Gasteiger partial charge in [-0.25, -0.2) is 15.0 Å². The number of nitrogen functional groups attached to an aromatic ring is 1. The van der Waals surface area contributed by atoms with Crippen LogP contribution in [-0.4, -0.2) is 46.1 Å². The van der Waals surface area contributed by atoms with Gasteiger partial charge < -0.3 is 15.5 Å². The SMILES string of the molecule is Nc1ncnc(N2CCN(c3ccc4ccccc4n3)CC2)c1[N+](=O)[O-]. The van der Waals surface area contributed by atoms with Crippen LogP contribution in [0.1, 0.15) is 0 Å². The van der Waals surface area contributed by atoms with E-state index in [0.29, 0.717) is 26.2 Å². The molecule has 2 N–H and O–H groups in total. The first-order chi connectivity index (χ1) is 12.6. The van der Waals surface area contributed by atoms with Crippen LogP contribution in [0.2, 0.25) is 0 Å². The smallest absolute Gasteiger partial charge is 0.353 e. The summed E-state index contributed by atoms with van der Waals surface area (Å²) in [6.45, 7) is 2.55. The predicted octanol–water partition coefficient (Wildman–Crippen LogP) is 1.84. The summed E-state index contributed by atoms with van der Waals surface area (Å²) in [5, 5.41) is 12.4. The first-order valence-electron chi connectivity index (χ1n) is 8.24. The Morgan fingerprint density at radius 2 is 1.73 bits per heavy atom. The molecule has 0 amide bonds. The van der Waals surface area contributed by atoms with Gasteiger partial charge in [-0.1, -0.05) is 18.2 Å². The van der Waals surface area contributed by atoms with Crippen molar-refractivity contribution < 1.29 is 4.92 Å². The van der Waals surface area contributed by atoms with Gasteiger partial charge in [0.1, 0.15) is 12.1 Å². The standard InChI is InChI=1S/C17H17N7O2/c18-16-15(24(25)26)17(20-11-19-16)23-9-7-22(8-10-23)14-6-5-12-3-1-2-4-13(12)21-14/h1-6,11H,7-10H2,(H2,18,19,20). The highest BCUT2D eigenvalue weighted by Gasteiger charge is 2.28. The third kappa shape index (κ3) is 2.83. The van der Waals surface area contributed by atoms with Gasteiger partial charge in [0, 0.05) is 31.6 Å². The minimum atomic E-state index is -0.526. The highest BCUT2D eigenvalue weighted by Crippen LogP contribution is 2.30. The van der Waals surface area contributed by atoms with Gasteiger partial charge in [0.25, 0.3) is 0 Å². The molecule has 2 aromatic heterocycles. The molecule has 9 nitrogen and oxygen atoms in total. The summed E-state index contributed by atoms with van der Waals surface area (Å²) in [5.41, 5.74) is 6.38. The highest BCUT2D eigenvalue weighted by molar-refractivity contribution is 5.80. The van der Waals surface area contributed by atoms with Crippen LogP contribution in [0.3, 0.4) is 0 Å². The van der Waals surface area contributed by atoms with Gasteiger partial charge in [0.05, 0.1) is 10.4 Å². The minimum Gasteiger partial charge on any atom is -0.378 e. The molecule has 0 spiro atoms. The summed E-state index contributed by atoms with van der Waals surface area (Å²) >= 11 is 0. The quantitative estimate of drug-likeness (QED) is 0.561. The van der Waals surface area contributed by atoms with Crippen molar-refractivity contribution in [2.45, 2.75) is 0 Å². The van der Waals surface area contributed by atoms with E-state index in [4.69, 9.17) is 10.7 Å². The number of benzene rings is 1. The Labute approximate surface area is 149 Å². The Morgan fingerprint density at radius 1 is 1.00 bits per heavy atom. The second kappa shape index (κ2) is 6.43. The van der Waals surface area contributed by atoms with Crippen LogP contribution in [-0.2, 0) is 0 Å². The minimum absolute atomic E-state index is 0.112. The highest BCUT2D eigenvalue weighted by atomic mass is 16.6. The van der Waals surface area contributed by atoms with E-state index in [1.165, 1.54) is 6.33 Å². The van der Waals surface area contributed by atoms with Gasteiger partial charge in [-0.15, -0.1) is 0 Å². The fourth-order valence-corrected chi connectivity index (χ4v) is 3.17. The second-order valence-corrected chi connectivity index (χ2v) is 6.02. The number of nitrogens with zero attached hydrogens (tertiary/aromatic N) is 6. The molecule has 1 saturated heterocycles. The molecular formula is C17H17N7O2. The van der Waals surface area contributed by atoms with Crippen molar-refractivity contribution in [3.63, 3.8) is 0 Å². The summed E-state index contributed by atoms with van der Waals surface area (Å²) in [7, 11) is 0. The Kier molecular flexibility index (Phi) is 3.96. The van der Waals surface area contributed by atoms with E-state index in [-0.39, 0.29) is 17.3 Å². The lowest BCUT2D eigenvalue weighted by molar-refractivity contribution is -0.383. The normalized spacial score (nSPS) is 14.6. The molecule has 0 atom stereocenters. The van der Waals surface area contributed by atoms with Crippen molar-refractivity contribution in [1.82, 2.24) is 15.0 Å². The maximum Gasteiger partial charge on any atom is 0.353 e. The molecule has 0 aliphatic carbocycles. The van der Waals surface area contributed by atoms with E-state index in [1.807, 2.05) is 35.2 Å². The van der Waals surface area contributed by atoms with Gasteiger partial charge in [0.2, 0.25) is 11.6 Å². The number of para-hydroxylation sites is 1. The van der Waals surface area contributed by atoms with Crippen molar-refractivity contribution in [3.8, 4) is 0 Å². The van der Waals surface area contributed by atoms with Crippen molar-refractivity contribution in [3.05, 3.63) is 52.8 Å². The summed E-state index contributed by atoms with van der Waals surface area (Å²) in [6, 6.07) is 12.0. The van der Waals surface area contributed by atoms with Gasteiger partial charge in [-0.2, -0.15) is 0 Å². The van der Waals surface area contributed by atoms with Gasteiger partial charge in [-0.05, 0) is 18.2 Å². The third-order valence-corrected chi connectivity index (χ3v) is 4.50. The van der Waals surface area contributed by atoms with E-state index < -0.39 is 4.92 Å². The van der Waals surface area contributed by atoms with Crippen molar-refractivity contribution >= 4 is 34.0 Å². The Bertz CT molecular complexity index is 970. The molecule has 132 valence electrons. The molecule has 1 aromatic carbocycles. The first-order valence-corrected chi connectivity index (χ1v) is 8.24. The summed E-state index contributed by atoms with van der Waals surface area (Å²) in [4.78, 5) is 27.3. The number of fused-ring (bicyclic) bond motifs is 1. The average molecular weight is 351 g/mol. The number of nitro groups is 1. The zero-order valence-electron chi connectivity index (χ0n) is 13.9. The van der Waals surface area contributed by atoms with Gasteiger partial charge in [0.15, 0.2) is 0 Å².